The van der Waals surface area contributed by atoms with Crippen molar-refractivity contribution >= 4 is 43.4 Å². The van der Waals surface area contributed by atoms with Crippen LogP contribution in [0.1, 0.15) is 24.8 Å². The fraction of sp³-hybridized carbons (Fsp3) is 0.353. The molecule has 1 heterocycles. The molecule has 6 nitrogen and oxygen atoms in total. The first-order chi connectivity index (χ1) is 20.8. The third-order valence-electron chi connectivity index (χ3n) is 9.23. The lowest BCUT2D eigenvalue weighted by molar-refractivity contribution is 0.174. The quantitative estimate of drug-likeness (QED) is 0.216. The monoisotopic (exact) mass is 635 g/mol. The highest BCUT2D eigenvalue weighted by Gasteiger charge is 2.56. The van der Waals surface area contributed by atoms with E-state index in [-0.39, 0.29) is 5.41 Å². The molecule has 0 amide bonds. The highest BCUT2D eigenvalue weighted by atomic mass is 35.5. The van der Waals surface area contributed by atoms with Crippen molar-refractivity contribution in [3.05, 3.63) is 108 Å². The number of sulfonamides is 1. The Kier molecular flexibility index (Phi) is 9.06. The van der Waals surface area contributed by atoms with Crippen LogP contribution in [0.5, 0.6) is 0 Å². The number of likely N-dealkylation sites (tertiary alicyclic amines) is 1. The van der Waals surface area contributed by atoms with Crippen LogP contribution in [0.15, 0.2) is 107 Å². The Balaban J connectivity index is 1.07. The van der Waals surface area contributed by atoms with Crippen LogP contribution < -0.4 is 4.72 Å². The number of piperidine rings is 1. The van der Waals surface area contributed by atoms with Crippen molar-refractivity contribution in [2.75, 3.05) is 39.8 Å². The van der Waals surface area contributed by atoms with Gasteiger partial charge in [-0.1, -0.05) is 78.3 Å². The van der Waals surface area contributed by atoms with Gasteiger partial charge in [-0.3, -0.25) is 0 Å². The molecule has 1 saturated carbocycles. The molecule has 0 spiro atoms. The van der Waals surface area contributed by atoms with E-state index in [2.05, 4.69) is 15.7 Å². The van der Waals surface area contributed by atoms with Gasteiger partial charge in [0.25, 0.3) is 0 Å². The molecule has 0 radical (unpaired) electrons. The van der Waals surface area contributed by atoms with E-state index in [1.165, 1.54) is 4.31 Å². The SMILES string of the molecule is CN(C[C@@]1(c2cccc(Cl)c2)C[C@H]1CN1CCC(CNS(=O)c2cccc3ccccc23)CC1)S(=O)(=O)c1ccccc1. The molecule has 4 aromatic rings. The minimum atomic E-state index is -3.61. The highest BCUT2D eigenvalue weighted by molar-refractivity contribution is 7.89. The van der Waals surface area contributed by atoms with Gasteiger partial charge in [-0.25, -0.2) is 21.7 Å². The van der Waals surface area contributed by atoms with E-state index >= 15 is 0 Å². The van der Waals surface area contributed by atoms with Crippen LogP contribution in [0.4, 0.5) is 0 Å². The summed E-state index contributed by atoms with van der Waals surface area (Å²) in [7, 11) is -3.18. The molecule has 1 aliphatic heterocycles. The molecule has 1 saturated heterocycles. The summed E-state index contributed by atoms with van der Waals surface area (Å²) in [5, 5.41) is 2.80. The van der Waals surface area contributed by atoms with Gasteiger partial charge in [0, 0.05) is 37.1 Å². The summed E-state index contributed by atoms with van der Waals surface area (Å²) in [6.07, 6.45) is 3.01. The number of likely N-dealkylation sites (N-methyl/N-ethyl adjacent to an activating group) is 1. The van der Waals surface area contributed by atoms with Gasteiger partial charge in [0.05, 0.1) is 9.79 Å². The number of rotatable bonds is 11. The second-order valence-corrected chi connectivity index (χ2v) is 15.7. The van der Waals surface area contributed by atoms with Gasteiger partial charge in [0.2, 0.25) is 10.0 Å². The molecule has 226 valence electrons. The summed E-state index contributed by atoms with van der Waals surface area (Å²) in [6.45, 7) is 4.02. The van der Waals surface area contributed by atoms with Crippen molar-refractivity contribution < 1.29 is 12.6 Å². The fourth-order valence-electron chi connectivity index (χ4n) is 6.62. The topological polar surface area (TPSA) is 69.7 Å². The smallest absolute Gasteiger partial charge is 0.242 e. The van der Waals surface area contributed by atoms with Crippen LogP contribution in [0, 0.1) is 11.8 Å². The van der Waals surface area contributed by atoms with Crippen molar-refractivity contribution in [3.63, 3.8) is 0 Å². The van der Waals surface area contributed by atoms with Crippen molar-refractivity contribution in [2.45, 2.75) is 34.5 Å². The average Bonchev–Trinajstić information content (AvgIpc) is 3.73. The maximum atomic E-state index is 13.4. The third-order valence-corrected chi connectivity index (χ3v) is 12.5. The molecule has 9 heteroatoms. The number of fused-ring (bicyclic) bond motifs is 1. The minimum Gasteiger partial charge on any atom is -0.303 e. The first kappa shape index (κ1) is 30.4. The predicted octanol–water partition coefficient (Wildman–Crippen LogP) is 6.10. The lowest BCUT2D eigenvalue weighted by atomic mass is 9.92. The summed E-state index contributed by atoms with van der Waals surface area (Å²) in [5.41, 5.74) is 0.838. The number of hydrogen-bond acceptors (Lipinski definition) is 4. The molecule has 43 heavy (non-hydrogen) atoms. The summed E-state index contributed by atoms with van der Waals surface area (Å²) >= 11 is 6.41. The highest BCUT2D eigenvalue weighted by Crippen LogP contribution is 2.56. The first-order valence-electron chi connectivity index (χ1n) is 14.9. The number of benzene rings is 4. The molecule has 1 N–H and O–H groups in total. The summed E-state index contributed by atoms with van der Waals surface area (Å²) < 4.78 is 44.7. The molecular weight excluding hydrogens is 598 g/mol. The van der Waals surface area contributed by atoms with Crippen molar-refractivity contribution in [3.8, 4) is 0 Å². The third kappa shape index (κ3) is 6.60. The summed E-state index contributed by atoms with van der Waals surface area (Å²) in [5.74, 6) is 0.808. The molecule has 1 aliphatic carbocycles. The number of halogens is 1. The van der Waals surface area contributed by atoms with Crippen LogP contribution in [-0.2, 0) is 26.4 Å². The molecule has 6 rings (SSSR count). The van der Waals surface area contributed by atoms with Crippen molar-refractivity contribution in [1.29, 1.82) is 0 Å². The Hall–Kier alpha value is -2.59. The van der Waals surface area contributed by atoms with Gasteiger partial charge in [-0.15, -0.1) is 0 Å². The fourth-order valence-corrected chi connectivity index (χ4v) is 9.21. The Morgan fingerprint density at radius 3 is 2.42 bits per heavy atom. The zero-order valence-corrected chi connectivity index (χ0v) is 26.8. The Labute approximate surface area is 262 Å². The standard InChI is InChI=1S/C34H38ClN3O3S2/c1-37(43(40,41)31-13-3-2-4-14-31)25-34(28-11-8-12-30(35)21-28)22-29(34)24-38-19-17-26(18-20-38)23-36-42(39)33-16-7-10-27-9-5-6-15-32(27)33/h2-16,21,26,29,36H,17-20,22-25H2,1H3/t29-,34+,42?/m0/s1. The van der Waals surface area contributed by atoms with Gasteiger partial charge in [-0.2, -0.15) is 0 Å². The normalized spacial score (nSPS) is 22.2. The first-order valence-corrected chi connectivity index (χ1v) is 17.9. The van der Waals surface area contributed by atoms with E-state index in [1.54, 1.807) is 31.3 Å². The van der Waals surface area contributed by atoms with E-state index in [0.717, 1.165) is 66.7 Å². The van der Waals surface area contributed by atoms with Crippen LogP contribution in [0.25, 0.3) is 10.8 Å². The number of hydrogen-bond donors (Lipinski definition) is 1. The molecule has 4 aromatic carbocycles. The Bertz CT molecular complexity index is 1710. The van der Waals surface area contributed by atoms with E-state index in [0.29, 0.717) is 28.3 Å². The van der Waals surface area contributed by atoms with Gasteiger partial charge in [-0.05, 0) is 90.9 Å². The second kappa shape index (κ2) is 12.8. The molecule has 2 fully saturated rings. The van der Waals surface area contributed by atoms with Gasteiger partial charge in [0.1, 0.15) is 11.0 Å². The lowest BCUT2D eigenvalue weighted by Crippen LogP contribution is -2.40. The zero-order valence-electron chi connectivity index (χ0n) is 24.4. The second-order valence-electron chi connectivity index (χ2n) is 12.0. The Morgan fingerprint density at radius 1 is 0.953 bits per heavy atom. The van der Waals surface area contributed by atoms with E-state index in [1.807, 2.05) is 66.7 Å². The van der Waals surface area contributed by atoms with Crippen LogP contribution in [0.2, 0.25) is 5.02 Å². The maximum Gasteiger partial charge on any atom is 0.242 e. The van der Waals surface area contributed by atoms with Gasteiger partial charge in [0.15, 0.2) is 0 Å². The van der Waals surface area contributed by atoms with E-state index in [9.17, 15) is 12.6 Å². The molecule has 2 aliphatic rings. The molecular formula is C34H38ClN3O3S2. The van der Waals surface area contributed by atoms with E-state index < -0.39 is 21.0 Å². The van der Waals surface area contributed by atoms with E-state index in [4.69, 9.17) is 11.6 Å². The predicted molar refractivity (Wildman–Crippen MR) is 175 cm³/mol. The largest absolute Gasteiger partial charge is 0.303 e. The lowest BCUT2D eigenvalue weighted by Gasteiger charge is -2.33. The molecule has 0 bridgehead atoms. The summed E-state index contributed by atoms with van der Waals surface area (Å²) in [4.78, 5) is 3.66. The number of nitrogens with one attached hydrogen (secondary N) is 1. The maximum absolute atomic E-state index is 13.4. The molecule has 0 aromatic heterocycles. The van der Waals surface area contributed by atoms with Gasteiger partial charge >= 0.3 is 0 Å². The van der Waals surface area contributed by atoms with Crippen molar-refractivity contribution in [2.24, 2.45) is 11.8 Å². The molecule has 3 atom stereocenters. The van der Waals surface area contributed by atoms with Crippen LogP contribution in [0.3, 0.4) is 0 Å². The van der Waals surface area contributed by atoms with Gasteiger partial charge < -0.3 is 4.90 Å². The zero-order chi connectivity index (χ0) is 30.0. The minimum absolute atomic E-state index is 0.269. The average molecular weight is 636 g/mol. The molecule has 1 unspecified atom stereocenters. The van der Waals surface area contributed by atoms with Crippen LogP contribution >= 0.6 is 11.6 Å². The summed E-state index contributed by atoms with van der Waals surface area (Å²) in [6, 6.07) is 30.6. The number of nitrogens with zero attached hydrogens (tertiary/aromatic N) is 2. The van der Waals surface area contributed by atoms with Crippen LogP contribution in [-0.4, -0.2) is 61.6 Å². The van der Waals surface area contributed by atoms with Crippen molar-refractivity contribution in [1.82, 2.24) is 13.9 Å². The Morgan fingerprint density at radius 2 is 1.65 bits per heavy atom.